The lowest BCUT2D eigenvalue weighted by molar-refractivity contribution is 0.255. The number of rotatable bonds is 3. The molecular weight excluding hydrogens is 188 g/mol. The van der Waals surface area contributed by atoms with E-state index in [0.29, 0.717) is 5.56 Å². The zero-order valence-electron chi connectivity index (χ0n) is 7.37. The number of nitriles is 1. The minimum absolute atomic E-state index is 0.154. The van der Waals surface area contributed by atoms with Crippen LogP contribution in [0, 0.1) is 28.9 Å². The topological polar surface area (TPSA) is 44.0 Å². The van der Waals surface area contributed by atoms with Crippen LogP contribution < -0.4 is 0 Å². The molecular formula is C10H9F2NO. The highest BCUT2D eigenvalue weighted by Crippen LogP contribution is 2.12. The van der Waals surface area contributed by atoms with E-state index in [0.717, 1.165) is 18.2 Å². The summed E-state index contributed by atoms with van der Waals surface area (Å²) in [6.07, 6.45) is 0.154. The average molecular weight is 197 g/mol. The van der Waals surface area contributed by atoms with Gasteiger partial charge in [-0.15, -0.1) is 0 Å². The van der Waals surface area contributed by atoms with Crippen molar-refractivity contribution in [2.75, 3.05) is 6.61 Å². The predicted octanol–water partition coefficient (Wildman–Crippen LogP) is 1.64. The van der Waals surface area contributed by atoms with E-state index in [1.807, 2.05) is 6.07 Å². The van der Waals surface area contributed by atoms with Crippen molar-refractivity contribution in [3.05, 3.63) is 35.4 Å². The molecule has 0 amide bonds. The number of hydrogen-bond donors (Lipinski definition) is 1. The molecule has 0 aromatic heterocycles. The highest BCUT2D eigenvalue weighted by molar-refractivity contribution is 5.19. The highest BCUT2D eigenvalue weighted by Gasteiger charge is 2.08. The van der Waals surface area contributed by atoms with Crippen molar-refractivity contribution >= 4 is 0 Å². The van der Waals surface area contributed by atoms with Gasteiger partial charge in [-0.25, -0.2) is 8.78 Å². The largest absolute Gasteiger partial charge is 0.395 e. The first-order chi connectivity index (χ1) is 6.65. The second kappa shape index (κ2) is 4.68. The van der Waals surface area contributed by atoms with E-state index in [4.69, 9.17) is 10.4 Å². The van der Waals surface area contributed by atoms with Gasteiger partial charge in [0.15, 0.2) is 0 Å². The molecule has 0 radical (unpaired) electrons. The fourth-order valence-corrected chi connectivity index (χ4v) is 1.16. The minimum atomic E-state index is -0.672. The van der Waals surface area contributed by atoms with E-state index in [1.54, 1.807) is 0 Å². The van der Waals surface area contributed by atoms with E-state index in [1.165, 1.54) is 0 Å². The Balaban J connectivity index is 2.82. The maximum absolute atomic E-state index is 12.7. The summed E-state index contributed by atoms with van der Waals surface area (Å²) < 4.78 is 25.4. The third kappa shape index (κ3) is 2.79. The Labute approximate surface area is 80.4 Å². The SMILES string of the molecule is N#CC(CO)Cc1cc(F)cc(F)c1. The van der Waals surface area contributed by atoms with Gasteiger partial charge in [0.1, 0.15) is 11.6 Å². The predicted molar refractivity (Wildman–Crippen MR) is 46.3 cm³/mol. The Morgan fingerprint density at radius 1 is 1.29 bits per heavy atom. The number of benzene rings is 1. The summed E-state index contributed by atoms with van der Waals surface area (Å²) in [5, 5.41) is 17.2. The second-order valence-corrected chi connectivity index (χ2v) is 2.99. The van der Waals surface area contributed by atoms with Gasteiger partial charge in [-0.05, 0) is 24.1 Å². The summed E-state index contributed by atoms with van der Waals surface area (Å²) >= 11 is 0. The molecule has 0 aliphatic carbocycles. The zero-order valence-corrected chi connectivity index (χ0v) is 7.37. The van der Waals surface area contributed by atoms with Crippen LogP contribution >= 0.6 is 0 Å². The van der Waals surface area contributed by atoms with Crippen LogP contribution in [0.2, 0.25) is 0 Å². The van der Waals surface area contributed by atoms with Crippen molar-refractivity contribution in [2.24, 2.45) is 5.92 Å². The van der Waals surface area contributed by atoms with Gasteiger partial charge in [0.2, 0.25) is 0 Å². The van der Waals surface area contributed by atoms with Crippen molar-refractivity contribution < 1.29 is 13.9 Å². The maximum Gasteiger partial charge on any atom is 0.126 e. The molecule has 0 saturated carbocycles. The van der Waals surface area contributed by atoms with E-state index in [9.17, 15) is 8.78 Å². The maximum atomic E-state index is 12.7. The fourth-order valence-electron chi connectivity index (χ4n) is 1.16. The molecule has 1 unspecified atom stereocenters. The van der Waals surface area contributed by atoms with Gasteiger partial charge in [-0.3, -0.25) is 0 Å². The third-order valence-corrected chi connectivity index (χ3v) is 1.81. The normalized spacial score (nSPS) is 12.1. The fraction of sp³-hybridized carbons (Fsp3) is 0.300. The van der Waals surface area contributed by atoms with Crippen LogP contribution in [0.4, 0.5) is 8.78 Å². The Bertz CT molecular complexity index is 339. The summed E-state index contributed by atoms with van der Waals surface area (Å²) in [5.74, 6) is -1.96. The molecule has 0 heterocycles. The molecule has 2 nitrogen and oxygen atoms in total. The van der Waals surface area contributed by atoms with E-state index >= 15 is 0 Å². The highest BCUT2D eigenvalue weighted by atomic mass is 19.1. The first-order valence-electron chi connectivity index (χ1n) is 4.11. The Hall–Kier alpha value is -1.47. The first-order valence-corrected chi connectivity index (χ1v) is 4.11. The lowest BCUT2D eigenvalue weighted by Gasteiger charge is -2.05. The third-order valence-electron chi connectivity index (χ3n) is 1.81. The monoisotopic (exact) mass is 197 g/mol. The summed E-state index contributed by atoms with van der Waals surface area (Å²) in [5.41, 5.74) is 0.378. The minimum Gasteiger partial charge on any atom is -0.395 e. The molecule has 4 heteroatoms. The molecule has 74 valence electrons. The molecule has 1 aromatic rings. The Kier molecular flexibility index (Phi) is 3.55. The first kappa shape index (κ1) is 10.6. The van der Waals surface area contributed by atoms with Crippen LogP contribution in [-0.4, -0.2) is 11.7 Å². The van der Waals surface area contributed by atoms with Crippen molar-refractivity contribution in [3.63, 3.8) is 0 Å². The number of nitrogens with zero attached hydrogens (tertiary/aromatic N) is 1. The standard InChI is InChI=1S/C10H9F2NO/c11-9-2-7(3-10(12)4-9)1-8(5-13)6-14/h2-4,8,14H,1,6H2. The van der Waals surface area contributed by atoms with Crippen molar-refractivity contribution in [1.82, 2.24) is 0 Å². The van der Waals surface area contributed by atoms with E-state index in [-0.39, 0.29) is 13.0 Å². The molecule has 1 N–H and O–H groups in total. The van der Waals surface area contributed by atoms with Gasteiger partial charge in [-0.2, -0.15) is 5.26 Å². The Morgan fingerprint density at radius 2 is 1.86 bits per heavy atom. The average Bonchev–Trinajstić information content (AvgIpc) is 2.12. The molecule has 0 bridgehead atoms. The summed E-state index contributed by atoms with van der Waals surface area (Å²) in [6.45, 7) is -0.311. The van der Waals surface area contributed by atoms with Gasteiger partial charge in [-0.1, -0.05) is 0 Å². The van der Waals surface area contributed by atoms with Gasteiger partial charge < -0.3 is 5.11 Å². The number of halogens is 2. The second-order valence-electron chi connectivity index (χ2n) is 2.99. The lowest BCUT2D eigenvalue weighted by atomic mass is 10.0. The van der Waals surface area contributed by atoms with Crippen LogP contribution in [0.5, 0.6) is 0 Å². The van der Waals surface area contributed by atoms with Crippen LogP contribution in [0.3, 0.4) is 0 Å². The van der Waals surface area contributed by atoms with Gasteiger partial charge in [0, 0.05) is 6.07 Å². The van der Waals surface area contributed by atoms with E-state index < -0.39 is 17.6 Å². The molecule has 1 aromatic carbocycles. The number of aliphatic hydroxyl groups is 1. The quantitative estimate of drug-likeness (QED) is 0.800. The van der Waals surface area contributed by atoms with Crippen LogP contribution in [0.25, 0.3) is 0 Å². The molecule has 0 saturated heterocycles. The lowest BCUT2D eigenvalue weighted by Crippen LogP contribution is -2.07. The molecule has 0 aliphatic heterocycles. The number of hydrogen-bond acceptors (Lipinski definition) is 2. The molecule has 0 aliphatic rings. The van der Waals surface area contributed by atoms with E-state index in [2.05, 4.69) is 0 Å². The number of aliphatic hydroxyl groups excluding tert-OH is 1. The molecule has 14 heavy (non-hydrogen) atoms. The summed E-state index contributed by atoms with van der Waals surface area (Å²) in [4.78, 5) is 0. The van der Waals surface area contributed by atoms with Crippen molar-refractivity contribution in [2.45, 2.75) is 6.42 Å². The van der Waals surface area contributed by atoms with Gasteiger partial charge >= 0.3 is 0 Å². The van der Waals surface area contributed by atoms with Crippen molar-refractivity contribution in [1.29, 1.82) is 5.26 Å². The Morgan fingerprint density at radius 3 is 2.29 bits per heavy atom. The van der Waals surface area contributed by atoms with Crippen LogP contribution in [0.1, 0.15) is 5.56 Å². The van der Waals surface area contributed by atoms with Gasteiger partial charge in [0.25, 0.3) is 0 Å². The van der Waals surface area contributed by atoms with Gasteiger partial charge in [0.05, 0.1) is 18.6 Å². The summed E-state index contributed by atoms with van der Waals surface area (Å²) in [6, 6.07) is 4.92. The molecule has 0 spiro atoms. The van der Waals surface area contributed by atoms with Crippen LogP contribution in [-0.2, 0) is 6.42 Å². The van der Waals surface area contributed by atoms with Crippen molar-refractivity contribution in [3.8, 4) is 6.07 Å². The molecule has 0 fully saturated rings. The zero-order chi connectivity index (χ0) is 10.6. The molecule has 1 rings (SSSR count). The smallest absolute Gasteiger partial charge is 0.126 e. The van der Waals surface area contributed by atoms with Crippen LogP contribution in [0.15, 0.2) is 18.2 Å². The molecule has 1 atom stereocenters. The summed E-state index contributed by atoms with van der Waals surface area (Å²) in [7, 11) is 0.